The van der Waals surface area contributed by atoms with E-state index < -0.39 is 23.2 Å². The quantitative estimate of drug-likeness (QED) is 0.323. The van der Waals surface area contributed by atoms with Crippen LogP contribution in [-0.2, 0) is 13.0 Å². The highest BCUT2D eigenvalue weighted by atomic mass is 35.5. The van der Waals surface area contributed by atoms with Gasteiger partial charge in [-0.2, -0.15) is 0 Å². The summed E-state index contributed by atoms with van der Waals surface area (Å²) in [5.74, 6) is -2.05. The number of nitrogens with one attached hydrogen (secondary N) is 1. The zero-order valence-electron chi connectivity index (χ0n) is 17.1. The lowest BCUT2D eigenvalue weighted by atomic mass is 10.1. The van der Waals surface area contributed by atoms with Crippen LogP contribution in [0.5, 0.6) is 5.75 Å². The number of ether oxygens (including phenoxy) is 1. The first-order chi connectivity index (χ1) is 15.9. The third kappa shape index (κ3) is 5.56. The molecule has 0 saturated heterocycles. The lowest BCUT2D eigenvalue weighted by molar-refractivity contribution is 0.0994. The Morgan fingerprint density at radius 2 is 1.67 bits per heavy atom. The fourth-order valence-electron chi connectivity index (χ4n) is 3.14. The van der Waals surface area contributed by atoms with Gasteiger partial charge < -0.3 is 14.5 Å². The standard InChI is InChI=1S/C25H17ClF3NO3/c26-17-6-10-22(32-14-15-4-7-18(27)8-5-15)16(12-17)13-19-9-11-23(33-19)25(31)30-24-20(28)2-1-3-21(24)29/h1-12H,13-14H2,(H,30,31). The molecule has 1 N–H and O–H groups in total. The van der Waals surface area contributed by atoms with Gasteiger partial charge in [0.15, 0.2) is 5.76 Å². The van der Waals surface area contributed by atoms with Crippen LogP contribution in [0, 0.1) is 17.5 Å². The van der Waals surface area contributed by atoms with E-state index in [1.54, 1.807) is 36.4 Å². The van der Waals surface area contributed by atoms with Crippen molar-refractivity contribution in [1.29, 1.82) is 0 Å². The molecule has 0 saturated carbocycles. The molecule has 0 radical (unpaired) electrons. The highest BCUT2D eigenvalue weighted by Crippen LogP contribution is 2.27. The molecular weight excluding hydrogens is 455 g/mol. The van der Waals surface area contributed by atoms with Gasteiger partial charge in [0.05, 0.1) is 0 Å². The van der Waals surface area contributed by atoms with E-state index >= 15 is 0 Å². The van der Waals surface area contributed by atoms with Gasteiger partial charge in [-0.1, -0.05) is 29.8 Å². The van der Waals surface area contributed by atoms with E-state index in [1.165, 1.54) is 24.3 Å². The molecule has 0 aliphatic heterocycles. The summed E-state index contributed by atoms with van der Waals surface area (Å²) in [6.45, 7) is 0.217. The van der Waals surface area contributed by atoms with E-state index in [2.05, 4.69) is 5.32 Å². The average molecular weight is 472 g/mol. The summed E-state index contributed by atoms with van der Waals surface area (Å²) >= 11 is 6.13. The molecule has 1 aromatic heterocycles. The maximum atomic E-state index is 13.8. The number of furan rings is 1. The Hall–Kier alpha value is -3.71. The minimum Gasteiger partial charge on any atom is -0.489 e. The van der Waals surface area contributed by atoms with E-state index in [-0.39, 0.29) is 24.6 Å². The summed E-state index contributed by atoms with van der Waals surface area (Å²) in [5.41, 5.74) is 0.937. The Bertz CT molecular complexity index is 1270. The van der Waals surface area contributed by atoms with Crippen LogP contribution in [-0.4, -0.2) is 5.91 Å². The minimum absolute atomic E-state index is 0.108. The van der Waals surface area contributed by atoms with Crippen LogP contribution in [0.15, 0.2) is 77.2 Å². The first kappa shape index (κ1) is 22.5. The minimum atomic E-state index is -0.892. The molecule has 3 aromatic carbocycles. The largest absolute Gasteiger partial charge is 0.489 e. The molecule has 0 atom stereocenters. The first-order valence-corrected chi connectivity index (χ1v) is 10.3. The van der Waals surface area contributed by atoms with Crippen LogP contribution in [0.4, 0.5) is 18.9 Å². The van der Waals surface area contributed by atoms with Crippen molar-refractivity contribution in [1.82, 2.24) is 0 Å². The number of hydrogen-bond donors (Lipinski definition) is 1. The van der Waals surface area contributed by atoms with Crippen molar-refractivity contribution in [2.45, 2.75) is 13.0 Å². The van der Waals surface area contributed by atoms with Crippen LogP contribution in [0.25, 0.3) is 0 Å². The molecule has 1 amide bonds. The first-order valence-electron chi connectivity index (χ1n) is 9.89. The van der Waals surface area contributed by atoms with Gasteiger partial charge in [-0.15, -0.1) is 0 Å². The van der Waals surface area contributed by atoms with Gasteiger partial charge in [0, 0.05) is 17.0 Å². The molecular formula is C25H17ClF3NO3. The van der Waals surface area contributed by atoms with E-state index in [1.807, 2.05) is 0 Å². The SMILES string of the molecule is O=C(Nc1c(F)cccc1F)c1ccc(Cc2cc(Cl)ccc2OCc2ccc(F)cc2)o1. The highest BCUT2D eigenvalue weighted by molar-refractivity contribution is 6.30. The molecule has 8 heteroatoms. The van der Waals surface area contributed by atoms with Gasteiger partial charge in [-0.25, -0.2) is 13.2 Å². The van der Waals surface area contributed by atoms with Crippen molar-refractivity contribution in [2.24, 2.45) is 0 Å². The van der Waals surface area contributed by atoms with E-state index in [0.717, 1.165) is 17.7 Å². The molecule has 168 valence electrons. The predicted molar refractivity (Wildman–Crippen MR) is 118 cm³/mol. The summed E-state index contributed by atoms with van der Waals surface area (Å²) in [5, 5.41) is 2.66. The van der Waals surface area contributed by atoms with Crippen LogP contribution < -0.4 is 10.1 Å². The molecule has 0 unspecified atom stereocenters. The third-order valence-corrected chi connectivity index (χ3v) is 5.02. The van der Waals surface area contributed by atoms with E-state index in [0.29, 0.717) is 22.1 Å². The summed E-state index contributed by atoms with van der Waals surface area (Å²) < 4.78 is 52.1. The molecule has 0 spiro atoms. The monoisotopic (exact) mass is 471 g/mol. The van der Waals surface area contributed by atoms with Crippen molar-refractivity contribution >= 4 is 23.2 Å². The molecule has 4 nitrogen and oxygen atoms in total. The van der Waals surface area contributed by atoms with Crippen LogP contribution in [0.2, 0.25) is 5.02 Å². The van der Waals surface area contributed by atoms with E-state index in [9.17, 15) is 18.0 Å². The number of para-hydroxylation sites is 1. The number of rotatable bonds is 7. The fraction of sp³-hybridized carbons (Fsp3) is 0.0800. The highest BCUT2D eigenvalue weighted by Gasteiger charge is 2.17. The molecule has 1 heterocycles. The van der Waals surface area contributed by atoms with Crippen molar-refractivity contribution in [2.75, 3.05) is 5.32 Å². The number of benzene rings is 3. The van der Waals surface area contributed by atoms with Gasteiger partial charge in [-0.3, -0.25) is 4.79 Å². The van der Waals surface area contributed by atoms with Crippen LogP contribution in [0.1, 0.15) is 27.4 Å². The summed E-state index contributed by atoms with van der Waals surface area (Å²) in [4.78, 5) is 12.4. The Kier molecular flexibility index (Phi) is 6.70. The zero-order valence-corrected chi connectivity index (χ0v) is 17.8. The zero-order chi connectivity index (χ0) is 23.4. The van der Waals surface area contributed by atoms with Crippen molar-refractivity contribution in [3.8, 4) is 5.75 Å². The second-order valence-corrected chi connectivity index (χ2v) is 7.60. The molecule has 4 aromatic rings. The second kappa shape index (κ2) is 9.83. The normalized spacial score (nSPS) is 10.8. The molecule has 0 fully saturated rings. The number of hydrogen-bond acceptors (Lipinski definition) is 3. The van der Waals surface area contributed by atoms with Crippen molar-refractivity contribution in [3.05, 3.63) is 118 Å². The number of anilines is 1. The third-order valence-electron chi connectivity index (χ3n) is 4.78. The van der Waals surface area contributed by atoms with Crippen LogP contribution >= 0.6 is 11.6 Å². The van der Waals surface area contributed by atoms with Gasteiger partial charge >= 0.3 is 0 Å². The number of carbonyl (C=O) groups excluding carboxylic acids is 1. The van der Waals surface area contributed by atoms with Gasteiger partial charge in [0.2, 0.25) is 0 Å². The van der Waals surface area contributed by atoms with E-state index in [4.69, 9.17) is 20.8 Å². The number of amides is 1. The number of carbonyl (C=O) groups is 1. The molecule has 4 rings (SSSR count). The smallest absolute Gasteiger partial charge is 0.291 e. The number of halogens is 4. The van der Waals surface area contributed by atoms with Crippen molar-refractivity contribution < 1.29 is 27.1 Å². The lowest BCUT2D eigenvalue weighted by Gasteiger charge is -2.11. The van der Waals surface area contributed by atoms with Crippen molar-refractivity contribution in [3.63, 3.8) is 0 Å². The maximum Gasteiger partial charge on any atom is 0.291 e. The van der Waals surface area contributed by atoms with Gasteiger partial charge in [0.1, 0.15) is 41.3 Å². The molecule has 0 aliphatic rings. The average Bonchev–Trinajstić information content (AvgIpc) is 3.25. The lowest BCUT2D eigenvalue weighted by Crippen LogP contribution is -2.13. The Morgan fingerprint density at radius 3 is 2.39 bits per heavy atom. The van der Waals surface area contributed by atoms with Crippen LogP contribution in [0.3, 0.4) is 0 Å². The van der Waals surface area contributed by atoms with Gasteiger partial charge in [0.25, 0.3) is 5.91 Å². The Balaban J connectivity index is 1.47. The molecule has 0 bridgehead atoms. The Morgan fingerprint density at radius 1 is 0.939 bits per heavy atom. The summed E-state index contributed by atoms with van der Waals surface area (Å²) in [7, 11) is 0. The summed E-state index contributed by atoms with van der Waals surface area (Å²) in [6.07, 6.45) is 0.251. The maximum absolute atomic E-state index is 13.8. The second-order valence-electron chi connectivity index (χ2n) is 7.16. The fourth-order valence-corrected chi connectivity index (χ4v) is 3.34. The topological polar surface area (TPSA) is 51.5 Å². The molecule has 0 aliphatic carbocycles. The Labute approximate surface area is 192 Å². The molecule has 33 heavy (non-hydrogen) atoms. The van der Waals surface area contributed by atoms with Gasteiger partial charge in [-0.05, 0) is 60.2 Å². The predicted octanol–water partition coefficient (Wildman–Crippen LogP) is 6.77. The summed E-state index contributed by atoms with van der Waals surface area (Å²) in [6, 6.07) is 17.3.